The summed E-state index contributed by atoms with van der Waals surface area (Å²) in [4.78, 5) is 41.3. The zero-order valence-electron chi connectivity index (χ0n) is 22.5. The van der Waals surface area contributed by atoms with Gasteiger partial charge in [-0.25, -0.2) is 19.8 Å². The summed E-state index contributed by atoms with van der Waals surface area (Å²) >= 11 is 12.0. The minimum atomic E-state index is -1.24. The van der Waals surface area contributed by atoms with Crippen LogP contribution < -0.4 is 21.5 Å². The predicted octanol–water partition coefficient (Wildman–Crippen LogP) is 4.32. The van der Waals surface area contributed by atoms with E-state index in [0.717, 1.165) is 33.7 Å². The Morgan fingerprint density at radius 1 is 1.12 bits per heavy atom. The number of imidazole rings is 2. The average Bonchev–Trinajstić information content (AvgIpc) is 3.50. The smallest absolute Gasteiger partial charge is 0.341 e. The van der Waals surface area contributed by atoms with Gasteiger partial charge in [-0.2, -0.15) is 0 Å². The van der Waals surface area contributed by atoms with Crippen molar-refractivity contribution in [2.75, 3.05) is 13.2 Å². The Morgan fingerprint density at radius 2 is 1.88 bits per heavy atom. The minimum absolute atomic E-state index is 0.00323. The van der Waals surface area contributed by atoms with Gasteiger partial charge in [0.05, 0.1) is 45.2 Å². The number of fused-ring (bicyclic) bond motifs is 2. The number of aromatic carboxylic acids is 1. The number of aliphatic imine (C=N–C) groups is 1. The van der Waals surface area contributed by atoms with Crippen LogP contribution in [0.25, 0.3) is 22.1 Å². The molecule has 42 heavy (non-hydrogen) atoms. The highest BCUT2D eigenvalue weighted by Gasteiger charge is 2.21. The summed E-state index contributed by atoms with van der Waals surface area (Å²) in [5.41, 5.74) is 14.9. The number of carboxylic acid groups (broad SMARTS) is 1. The largest absolute Gasteiger partial charge is 0.491 e. The van der Waals surface area contributed by atoms with Gasteiger partial charge in [0.2, 0.25) is 0 Å². The number of carboxylic acids is 1. The van der Waals surface area contributed by atoms with E-state index in [4.69, 9.17) is 49.4 Å². The van der Waals surface area contributed by atoms with Crippen LogP contribution in [-0.4, -0.2) is 55.6 Å². The molecular formula is C28H26Cl2N8O4. The summed E-state index contributed by atoms with van der Waals surface area (Å²) in [5.74, 6) is -0.291. The van der Waals surface area contributed by atoms with E-state index in [0.29, 0.717) is 11.3 Å². The van der Waals surface area contributed by atoms with E-state index in [1.165, 1.54) is 12.1 Å². The van der Waals surface area contributed by atoms with Crippen LogP contribution in [-0.2, 0) is 7.05 Å². The number of benzene rings is 3. The van der Waals surface area contributed by atoms with Crippen LogP contribution in [0.15, 0.2) is 53.5 Å². The van der Waals surface area contributed by atoms with Crippen molar-refractivity contribution in [2.45, 2.75) is 12.8 Å². The Balaban J connectivity index is 1.29. The number of aryl methyl sites for hydroxylation is 1. The molecule has 0 aliphatic rings. The maximum atomic E-state index is 12.9. The molecule has 0 saturated heterocycles. The third-order valence-electron chi connectivity index (χ3n) is 6.59. The van der Waals surface area contributed by atoms with Gasteiger partial charge >= 0.3 is 5.97 Å². The molecule has 0 radical (unpaired) electrons. The third-order valence-corrected chi connectivity index (χ3v) is 7.11. The highest BCUT2D eigenvalue weighted by molar-refractivity contribution is 6.37. The first-order chi connectivity index (χ1) is 20.0. The van der Waals surface area contributed by atoms with Crippen molar-refractivity contribution in [3.8, 4) is 5.75 Å². The number of halogens is 2. The molecule has 2 heterocycles. The number of nitrogens with zero attached hydrogens (tertiary/aromatic N) is 4. The van der Waals surface area contributed by atoms with E-state index in [-0.39, 0.29) is 52.3 Å². The number of H-pyrrole nitrogens is 1. The summed E-state index contributed by atoms with van der Waals surface area (Å²) in [6, 6.07) is 13.4. The highest BCUT2D eigenvalue weighted by atomic mass is 35.5. The van der Waals surface area contributed by atoms with Crippen LogP contribution in [0, 0.1) is 0 Å². The predicted molar refractivity (Wildman–Crippen MR) is 161 cm³/mol. The van der Waals surface area contributed by atoms with Crippen LogP contribution >= 0.6 is 23.2 Å². The zero-order valence-corrected chi connectivity index (χ0v) is 24.0. The number of aromatic nitrogens is 4. The maximum absolute atomic E-state index is 12.9. The molecular weight excluding hydrogens is 583 g/mol. The second-order valence-electron chi connectivity index (χ2n) is 9.48. The average molecular weight is 609 g/mol. The molecule has 0 fully saturated rings. The number of nitrogens with one attached hydrogen (secondary N) is 2. The molecule has 0 aliphatic heterocycles. The Kier molecular flexibility index (Phi) is 7.92. The van der Waals surface area contributed by atoms with Gasteiger partial charge in [-0.1, -0.05) is 23.2 Å². The fraction of sp³-hybridized carbons (Fsp3) is 0.179. The van der Waals surface area contributed by atoms with Crippen LogP contribution in [0.2, 0.25) is 10.0 Å². The van der Waals surface area contributed by atoms with Crippen molar-refractivity contribution in [3.63, 3.8) is 0 Å². The van der Waals surface area contributed by atoms with Gasteiger partial charge in [0.15, 0.2) is 5.96 Å². The lowest BCUT2D eigenvalue weighted by atomic mass is 10.1. The van der Waals surface area contributed by atoms with Crippen LogP contribution in [0.3, 0.4) is 0 Å². The Morgan fingerprint density at radius 3 is 2.62 bits per heavy atom. The fourth-order valence-corrected chi connectivity index (χ4v) is 5.15. The monoisotopic (exact) mass is 608 g/mol. The second kappa shape index (κ2) is 11.6. The lowest BCUT2D eigenvalue weighted by molar-refractivity contribution is 0.0691. The summed E-state index contributed by atoms with van der Waals surface area (Å²) in [6.07, 6.45) is 0. The first kappa shape index (κ1) is 28.7. The number of carbonyl (C=O) groups is 2. The molecule has 5 aromatic rings. The Bertz CT molecular complexity index is 1880. The standard InChI is InChI=1S/C28H26Cl2N8O4/c1-13(24-35-18-6-4-16(34-28(31)32)12-20(18)36-24)25-37-19-5-3-14(9-21(19)38(25)2)26(39)33-7-8-42-22-11-15(29)10-17(30)23(22)27(40)41/h3-6,9-13H,7-8H2,1-2H3,(H,33,39)(H,35,36)(H,40,41)(H4,31,32,34). The number of hydrogen-bond donors (Lipinski definition) is 5. The molecule has 1 amide bonds. The Hall–Kier alpha value is -4.81. The third kappa shape index (κ3) is 5.80. The normalized spacial score (nSPS) is 11.9. The minimum Gasteiger partial charge on any atom is -0.491 e. The zero-order chi connectivity index (χ0) is 30.1. The molecule has 1 atom stereocenters. The van der Waals surface area contributed by atoms with Crippen molar-refractivity contribution in [1.29, 1.82) is 0 Å². The van der Waals surface area contributed by atoms with Gasteiger partial charge in [-0.15, -0.1) is 0 Å². The van der Waals surface area contributed by atoms with Crippen LogP contribution in [0.5, 0.6) is 5.75 Å². The van der Waals surface area contributed by atoms with Crippen LogP contribution in [0.4, 0.5) is 5.69 Å². The number of carbonyl (C=O) groups excluding carboxylic acids is 1. The number of hydrogen-bond acceptors (Lipinski definition) is 6. The molecule has 0 spiro atoms. The van der Waals surface area contributed by atoms with Crippen molar-refractivity contribution in [3.05, 3.63) is 81.4 Å². The van der Waals surface area contributed by atoms with Gasteiger partial charge in [-0.3, -0.25) is 4.79 Å². The lowest BCUT2D eigenvalue weighted by Crippen LogP contribution is -2.28. The van der Waals surface area contributed by atoms with Crippen molar-refractivity contribution in [1.82, 2.24) is 24.8 Å². The lowest BCUT2D eigenvalue weighted by Gasteiger charge is -2.12. The number of aromatic amines is 1. The van der Waals surface area contributed by atoms with Gasteiger partial charge in [0, 0.05) is 17.6 Å². The number of rotatable bonds is 9. The fourth-order valence-electron chi connectivity index (χ4n) is 4.60. The van der Waals surface area contributed by atoms with Gasteiger partial charge in [-0.05, 0) is 55.5 Å². The second-order valence-corrected chi connectivity index (χ2v) is 10.3. The van der Waals surface area contributed by atoms with E-state index in [2.05, 4.69) is 15.3 Å². The summed E-state index contributed by atoms with van der Waals surface area (Å²) in [6.45, 7) is 2.11. The molecule has 216 valence electrons. The van der Waals surface area contributed by atoms with Crippen molar-refractivity contribution in [2.24, 2.45) is 23.5 Å². The molecule has 12 nitrogen and oxygen atoms in total. The van der Waals surface area contributed by atoms with Crippen molar-refractivity contribution >= 4 is 68.8 Å². The topological polar surface area (TPSA) is 187 Å². The molecule has 14 heteroatoms. The van der Waals surface area contributed by atoms with E-state index in [1.807, 2.05) is 30.7 Å². The first-order valence-corrected chi connectivity index (χ1v) is 13.5. The Labute approximate surface area is 249 Å². The number of ether oxygens (including phenoxy) is 1. The number of nitrogens with two attached hydrogens (primary N) is 2. The first-order valence-electron chi connectivity index (χ1n) is 12.7. The summed E-state index contributed by atoms with van der Waals surface area (Å²) < 4.78 is 7.47. The molecule has 2 aromatic heterocycles. The molecule has 0 bridgehead atoms. The van der Waals surface area contributed by atoms with Gasteiger partial charge in [0.1, 0.15) is 29.6 Å². The number of guanidine groups is 1. The number of amides is 1. The van der Waals surface area contributed by atoms with E-state index < -0.39 is 5.97 Å². The highest BCUT2D eigenvalue weighted by Crippen LogP contribution is 2.31. The summed E-state index contributed by atoms with van der Waals surface area (Å²) in [7, 11) is 1.88. The molecule has 7 N–H and O–H groups in total. The van der Waals surface area contributed by atoms with Crippen LogP contribution in [0.1, 0.15) is 45.2 Å². The van der Waals surface area contributed by atoms with Crippen molar-refractivity contribution < 1.29 is 19.4 Å². The molecule has 5 rings (SSSR count). The maximum Gasteiger partial charge on any atom is 0.341 e. The van der Waals surface area contributed by atoms with Gasteiger partial charge < -0.3 is 36.2 Å². The van der Waals surface area contributed by atoms with E-state index in [1.54, 1.807) is 24.3 Å². The SMILES string of the molecule is CC(c1nc2ccc(N=C(N)N)cc2[nH]1)c1nc2ccc(C(=O)NCCOc3cc(Cl)cc(Cl)c3C(=O)O)cc2n1C. The molecule has 1 unspecified atom stereocenters. The van der Waals surface area contributed by atoms with E-state index >= 15 is 0 Å². The van der Waals surface area contributed by atoms with Gasteiger partial charge in [0.25, 0.3) is 5.91 Å². The quantitative estimate of drug-likeness (QED) is 0.0929. The molecule has 0 saturated carbocycles. The van der Waals surface area contributed by atoms with E-state index in [9.17, 15) is 14.7 Å². The molecule has 0 aliphatic carbocycles. The summed E-state index contributed by atoms with van der Waals surface area (Å²) in [5, 5.41) is 12.4. The molecule has 3 aromatic carbocycles.